The van der Waals surface area contributed by atoms with Crippen LogP contribution in [0.15, 0.2) is 48.8 Å². The third kappa shape index (κ3) is 3.80. The summed E-state index contributed by atoms with van der Waals surface area (Å²) in [5.74, 6) is 1.28. The highest BCUT2D eigenvalue weighted by Crippen LogP contribution is 2.20. The Labute approximate surface area is 114 Å². The Morgan fingerprint density at radius 3 is 2.58 bits per heavy atom. The van der Waals surface area contributed by atoms with Gasteiger partial charge in [0.15, 0.2) is 0 Å². The fourth-order valence-corrected chi connectivity index (χ4v) is 2.09. The molecule has 19 heavy (non-hydrogen) atoms. The Kier molecular flexibility index (Phi) is 4.93. The molecule has 0 aliphatic rings. The Hall–Kier alpha value is -1.87. The molecule has 0 amide bonds. The summed E-state index contributed by atoms with van der Waals surface area (Å²) in [7, 11) is 0. The lowest BCUT2D eigenvalue weighted by Gasteiger charge is -2.16. The lowest BCUT2D eigenvalue weighted by atomic mass is 9.97. The summed E-state index contributed by atoms with van der Waals surface area (Å²) in [5.41, 5.74) is 8.23. The molecular formula is C16H20N2O. The first-order chi connectivity index (χ1) is 9.31. The second-order valence-electron chi connectivity index (χ2n) is 4.62. The van der Waals surface area contributed by atoms with E-state index in [-0.39, 0.29) is 0 Å². The molecule has 1 unspecified atom stereocenters. The Morgan fingerprint density at radius 2 is 1.89 bits per heavy atom. The number of para-hydroxylation sites is 1. The van der Waals surface area contributed by atoms with Gasteiger partial charge in [-0.2, -0.15) is 0 Å². The average Bonchev–Trinajstić information content (AvgIpc) is 2.46. The smallest absolute Gasteiger partial charge is 0.122 e. The van der Waals surface area contributed by atoms with Crippen LogP contribution in [0.3, 0.4) is 0 Å². The second-order valence-corrected chi connectivity index (χ2v) is 4.62. The summed E-state index contributed by atoms with van der Waals surface area (Å²) in [4.78, 5) is 4.03. The van der Waals surface area contributed by atoms with Crippen molar-refractivity contribution in [2.24, 2.45) is 5.73 Å². The highest BCUT2D eigenvalue weighted by Gasteiger charge is 2.09. The molecular weight excluding hydrogens is 236 g/mol. The minimum atomic E-state index is 0.326. The summed E-state index contributed by atoms with van der Waals surface area (Å²) < 4.78 is 5.82. The van der Waals surface area contributed by atoms with Crippen LogP contribution in [0.1, 0.15) is 23.5 Å². The molecule has 2 rings (SSSR count). The SMILES string of the molecule is Cc1ccccc1OCCC(CN)c1ccncc1. The van der Waals surface area contributed by atoms with Crippen LogP contribution in [-0.2, 0) is 0 Å². The number of rotatable bonds is 6. The van der Waals surface area contributed by atoms with Gasteiger partial charge >= 0.3 is 0 Å². The third-order valence-electron chi connectivity index (χ3n) is 3.28. The van der Waals surface area contributed by atoms with Gasteiger partial charge in [-0.05, 0) is 55.1 Å². The van der Waals surface area contributed by atoms with E-state index >= 15 is 0 Å². The zero-order valence-electron chi connectivity index (χ0n) is 11.3. The van der Waals surface area contributed by atoms with Crippen molar-refractivity contribution in [3.05, 3.63) is 59.9 Å². The van der Waals surface area contributed by atoms with E-state index in [1.165, 1.54) is 5.56 Å². The molecule has 0 spiro atoms. The van der Waals surface area contributed by atoms with Crippen molar-refractivity contribution in [2.45, 2.75) is 19.3 Å². The number of hydrogen-bond donors (Lipinski definition) is 1. The van der Waals surface area contributed by atoms with Crippen LogP contribution < -0.4 is 10.5 Å². The first-order valence-corrected chi connectivity index (χ1v) is 6.59. The number of nitrogens with zero attached hydrogens (tertiary/aromatic N) is 1. The molecule has 0 saturated heterocycles. The van der Waals surface area contributed by atoms with E-state index in [1.54, 1.807) is 12.4 Å². The average molecular weight is 256 g/mol. The van der Waals surface area contributed by atoms with Gasteiger partial charge in [-0.25, -0.2) is 0 Å². The minimum Gasteiger partial charge on any atom is -0.493 e. The maximum atomic E-state index is 5.84. The molecule has 3 heteroatoms. The van der Waals surface area contributed by atoms with Crippen molar-refractivity contribution >= 4 is 0 Å². The Bertz CT molecular complexity index is 499. The van der Waals surface area contributed by atoms with Crippen molar-refractivity contribution in [3.63, 3.8) is 0 Å². The van der Waals surface area contributed by atoms with E-state index in [2.05, 4.69) is 18.0 Å². The fourth-order valence-electron chi connectivity index (χ4n) is 2.09. The number of nitrogens with two attached hydrogens (primary N) is 1. The van der Waals surface area contributed by atoms with Crippen molar-refractivity contribution in [3.8, 4) is 5.75 Å². The van der Waals surface area contributed by atoms with Crippen LogP contribution in [0.25, 0.3) is 0 Å². The Morgan fingerprint density at radius 1 is 1.16 bits per heavy atom. The van der Waals surface area contributed by atoms with Gasteiger partial charge in [0.1, 0.15) is 5.75 Å². The number of pyridine rings is 1. The molecule has 2 aromatic rings. The quantitative estimate of drug-likeness (QED) is 0.864. The zero-order valence-corrected chi connectivity index (χ0v) is 11.3. The molecule has 1 heterocycles. The van der Waals surface area contributed by atoms with Crippen molar-refractivity contribution < 1.29 is 4.74 Å². The van der Waals surface area contributed by atoms with Crippen molar-refractivity contribution in [1.29, 1.82) is 0 Å². The largest absolute Gasteiger partial charge is 0.493 e. The summed E-state index contributed by atoms with van der Waals surface area (Å²) in [5, 5.41) is 0. The van der Waals surface area contributed by atoms with Gasteiger partial charge in [-0.1, -0.05) is 18.2 Å². The molecule has 0 aliphatic carbocycles. The molecule has 1 atom stereocenters. The van der Waals surface area contributed by atoms with Gasteiger partial charge in [-0.15, -0.1) is 0 Å². The monoisotopic (exact) mass is 256 g/mol. The highest BCUT2D eigenvalue weighted by molar-refractivity contribution is 5.31. The van der Waals surface area contributed by atoms with E-state index in [9.17, 15) is 0 Å². The van der Waals surface area contributed by atoms with E-state index in [0.717, 1.165) is 17.7 Å². The summed E-state index contributed by atoms with van der Waals surface area (Å²) in [6.07, 6.45) is 4.52. The summed E-state index contributed by atoms with van der Waals surface area (Å²) in [6, 6.07) is 12.1. The topological polar surface area (TPSA) is 48.1 Å². The summed E-state index contributed by atoms with van der Waals surface area (Å²) in [6.45, 7) is 3.36. The van der Waals surface area contributed by atoms with Crippen LogP contribution in [0.4, 0.5) is 0 Å². The van der Waals surface area contributed by atoms with Gasteiger partial charge in [0, 0.05) is 12.4 Å². The third-order valence-corrected chi connectivity index (χ3v) is 3.28. The molecule has 0 saturated carbocycles. The normalized spacial score (nSPS) is 12.1. The lowest BCUT2D eigenvalue weighted by molar-refractivity contribution is 0.296. The predicted octanol–water partition coefficient (Wildman–Crippen LogP) is 2.90. The molecule has 0 fully saturated rings. The maximum Gasteiger partial charge on any atom is 0.122 e. The second kappa shape index (κ2) is 6.90. The van der Waals surface area contributed by atoms with Crippen LogP contribution in [0.2, 0.25) is 0 Å². The van der Waals surface area contributed by atoms with Gasteiger partial charge in [0.05, 0.1) is 6.61 Å². The van der Waals surface area contributed by atoms with E-state index in [4.69, 9.17) is 10.5 Å². The number of aryl methyl sites for hydroxylation is 1. The molecule has 2 N–H and O–H groups in total. The van der Waals surface area contributed by atoms with Gasteiger partial charge in [0.25, 0.3) is 0 Å². The van der Waals surface area contributed by atoms with E-state index in [1.807, 2.05) is 30.3 Å². The first kappa shape index (κ1) is 13.6. The lowest BCUT2D eigenvalue weighted by Crippen LogP contribution is -2.15. The minimum absolute atomic E-state index is 0.326. The molecule has 0 bridgehead atoms. The predicted molar refractivity (Wildman–Crippen MR) is 77.3 cm³/mol. The fraction of sp³-hybridized carbons (Fsp3) is 0.312. The van der Waals surface area contributed by atoms with Crippen LogP contribution >= 0.6 is 0 Å². The van der Waals surface area contributed by atoms with Crippen LogP contribution in [-0.4, -0.2) is 18.1 Å². The maximum absolute atomic E-state index is 5.84. The number of benzene rings is 1. The molecule has 1 aromatic heterocycles. The number of hydrogen-bond acceptors (Lipinski definition) is 3. The van der Waals surface area contributed by atoms with Crippen molar-refractivity contribution in [1.82, 2.24) is 4.98 Å². The standard InChI is InChI=1S/C16H20N2O/c1-13-4-2-3-5-16(13)19-11-8-15(12-17)14-6-9-18-10-7-14/h2-7,9-10,15H,8,11-12,17H2,1H3. The molecule has 100 valence electrons. The van der Waals surface area contributed by atoms with Crippen molar-refractivity contribution in [2.75, 3.05) is 13.2 Å². The zero-order chi connectivity index (χ0) is 13.5. The molecule has 1 aromatic carbocycles. The van der Waals surface area contributed by atoms with E-state index < -0.39 is 0 Å². The van der Waals surface area contributed by atoms with E-state index in [0.29, 0.717) is 19.1 Å². The van der Waals surface area contributed by atoms with Gasteiger partial charge < -0.3 is 10.5 Å². The Balaban J connectivity index is 1.89. The molecule has 0 radical (unpaired) electrons. The first-order valence-electron chi connectivity index (χ1n) is 6.59. The van der Waals surface area contributed by atoms with Crippen LogP contribution in [0.5, 0.6) is 5.75 Å². The molecule has 3 nitrogen and oxygen atoms in total. The number of aromatic nitrogens is 1. The van der Waals surface area contributed by atoms with Gasteiger partial charge in [-0.3, -0.25) is 4.98 Å². The van der Waals surface area contributed by atoms with Gasteiger partial charge in [0.2, 0.25) is 0 Å². The summed E-state index contributed by atoms with van der Waals surface area (Å²) >= 11 is 0. The number of ether oxygens (including phenoxy) is 1. The van der Waals surface area contributed by atoms with Crippen LogP contribution in [0, 0.1) is 6.92 Å². The highest BCUT2D eigenvalue weighted by atomic mass is 16.5. The molecule has 0 aliphatic heterocycles.